The van der Waals surface area contributed by atoms with E-state index in [4.69, 9.17) is 4.74 Å². The Morgan fingerprint density at radius 2 is 1.87 bits per heavy atom. The Hall–Kier alpha value is -1.15. The molecule has 0 heterocycles. The van der Waals surface area contributed by atoms with Gasteiger partial charge in [0.1, 0.15) is 5.60 Å². The highest BCUT2D eigenvalue weighted by Crippen LogP contribution is 2.14. The average molecular weight is 206 g/mol. The fourth-order valence-electron chi connectivity index (χ4n) is 1.44. The van der Waals surface area contributed by atoms with Gasteiger partial charge in [0.05, 0.1) is 0 Å². The first-order chi connectivity index (χ1) is 7.06. The average Bonchev–Trinajstić information content (AvgIpc) is 2.19. The Kier molecular flexibility index (Phi) is 4.04. The zero-order valence-corrected chi connectivity index (χ0v) is 9.62. The molecule has 0 atom stereocenters. The van der Waals surface area contributed by atoms with Crippen molar-refractivity contribution in [2.75, 3.05) is 6.61 Å². The second-order valence-electron chi connectivity index (χ2n) is 4.03. The predicted molar refractivity (Wildman–Crippen MR) is 60.9 cm³/mol. The number of Topliss-reactive ketones (excluding diaryl/α,β-unsaturated/α-hetero) is 1. The van der Waals surface area contributed by atoms with E-state index < -0.39 is 5.60 Å². The van der Waals surface area contributed by atoms with Gasteiger partial charge in [-0.3, -0.25) is 4.79 Å². The van der Waals surface area contributed by atoms with Crippen LogP contribution >= 0.6 is 0 Å². The van der Waals surface area contributed by atoms with Gasteiger partial charge >= 0.3 is 0 Å². The summed E-state index contributed by atoms with van der Waals surface area (Å²) in [4.78, 5) is 11.9. The topological polar surface area (TPSA) is 26.3 Å². The molecule has 0 unspecified atom stereocenters. The molecule has 0 amide bonds. The quantitative estimate of drug-likeness (QED) is 0.740. The standard InChI is InChI=1S/C13H18O2/c1-4-15-13(2,3)12(14)10-11-8-6-5-7-9-11/h5-9H,4,10H2,1-3H3. The van der Waals surface area contributed by atoms with Crippen LogP contribution in [0.15, 0.2) is 30.3 Å². The number of ether oxygens (including phenoxy) is 1. The number of rotatable bonds is 5. The van der Waals surface area contributed by atoms with E-state index in [-0.39, 0.29) is 5.78 Å². The molecule has 0 bridgehead atoms. The number of benzene rings is 1. The van der Waals surface area contributed by atoms with Crippen LogP contribution in [0, 0.1) is 0 Å². The van der Waals surface area contributed by atoms with Crippen molar-refractivity contribution in [3.8, 4) is 0 Å². The molecule has 1 aromatic rings. The molecule has 1 rings (SSSR count). The van der Waals surface area contributed by atoms with Crippen molar-refractivity contribution >= 4 is 5.78 Å². The van der Waals surface area contributed by atoms with E-state index >= 15 is 0 Å². The van der Waals surface area contributed by atoms with Crippen LogP contribution in [0.4, 0.5) is 0 Å². The van der Waals surface area contributed by atoms with E-state index in [2.05, 4.69) is 0 Å². The monoisotopic (exact) mass is 206 g/mol. The van der Waals surface area contributed by atoms with Crippen molar-refractivity contribution in [1.29, 1.82) is 0 Å². The molecule has 0 saturated heterocycles. The van der Waals surface area contributed by atoms with E-state index in [1.807, 2.05) is 51.1 Å². The van der Waals surface area contributed by atoms with E-state index in [1.54, 1.807) is 0 Å². The third kappa shape index (κ3) is 3.48. The number of carbonyl (C=O) groups excluding carboxylic acids is 1. The second-order valence-corrected chi connectivity index (χ2v) is 4.03. The normalized spacial score (nSPS) is 11.4. The zero-order chi connectivity index (χ0) is 11.3. The Bertz CT molecular complexity index is 315. The highest BCUT2D eigenvalue weighted by molar-refractivity contribution is 5.88. The Morgan fingerprint density at radius 1 is 1.27 bits per heavy atom. The smallest absolute Gasteiger partial charge is 0.168 e. The van der Waals surface area contributed by atoms with Crippen LogP contribution in [0.2, 0.25) is 0 Å². The van der Waals surface area contributed by atoms with Crippen LogP contribution in [0.5, 0.6) is 0 Å². The first-order valence-corrected chi connectivity index (χ1v) is 5.27. The summed E-state index contributed by atoms with van der Waals surface area (Å²) >= 11 is 0. The Morgan fingerprint density at radius 3 is 2.40 bits per heavy atom. The molecular formula is C13H18O2. The third-order valence-electron chi connectivity index (χ3n) is 2.38. The van der Waals surface area contributed by atoms with Crippen molar-refractivity contribution in [3.05, 3.63) is 35.9 Å². The number of ketones is 1. The molecule has 0 aliphatic carbocycles. The maximum absolute atomic E-state index is 11.9. The Labute approximate surface area is 91.3 Å². The summed E-state index contributed by atoms with van der Waals surface area (Å²) in [5.41, 5.74) is 0.361. The van der Waals surface area contributed by atoms with Gasteiger partial charge in [-0.05, 0) is 26.3 Å². The molecule has 0 spiro atoms. The highest BCUT2D eigenvalue weighted by atomic mass is 16.5. The molecule has 0 aromatic heterocycles. The van der Waals surface area contributed by atoms with Crippen LogP contribution in [0.3, 0.4) is 0 Å². The van der Waals surface area contributed by atoms with Gasteiger partial charge < -0.3 is 4.74 Å². The molecule has 0 aliphatic heterocycles. The van der Waals surface area contributed by atoms with E-state index in [1.165, 1.54) is 0 Å². The van der Waals surface area contributed by atoms with Gasteiger partial charge in [0, 0.05) is 13.0 Å². The summed E-state index contributed by atoms with van der Waals surface area (Å²) in [5, 5.41) is 0. The predicted octanol–water partition coefficient (Wildman–Crippen LogP) is 2.61. The number of carbonyl (C=O) groups is 1. The first kappa shape index (κ1) is 11.9. The fourth-order valence-corrected chi connectivity index (χ4v) is 1.44. The fraction of sp³-hybridized carbons (Fsp3) is 0.462. The summed E-state index contributed by atoms with van der Waals surface area (Å²) in [6, 6.07) is 9.74. The van der Waals surface area contributed by atoms with Crippen molar-refractivity contribution in [2.45, 2.75) is 32.8 Å². The molecule has 2 heteroatoms. The summed E-state index contributed by atoms with van der Waals surface area (Å²) in [7, 11) is 0. The summed E-state index contributed by atoms with van der Waals surface area (Å²) in [6.45, 7) is 6.11. The zero-order valence-electron chi connectivity index (χ0n) is 9.62. The molecule has 0 saturated carbocycles. The lowest BCUT2D eigenvalue weighted by molar-refractivity contribution is -0.139. The molecule has 0 fully saturated rings. The first-order valence-electron chi connectivity index (χ1n) is 5.27. The minimum atomic E-state index is -0.676. The Balaban J connectivity index is 2.63. The van der Waals surface area contributed by atoms with Crippen molar-refractivity contribution in [1.82, 2.24) is 0 Å². The molecular weight excluding hydrogens is 188 g/mol. The van der Waals surface area contributed by atoms with Gasteiger partial charge in [-0.15, -0.1) is 0 Å². The maximum atomic E-state index is 11.9. The molecule has 1 aromatic carbocycles. The van der Waals surface area contributed by atoms with E-state index in [0.717, 1.165) is 5.56 Å². The van der Waals surface area contributed by atoms with Crippen molar-refractivity contribution in [3.63, 3.8) is 0 Å². The van der Waals surface area contributed by atoms with Crippen LogP contribution in [-0.2, 0) is 16.0 Å². The largest absolute Gasteiger partial charge is 0.368 e. The minimum Gasteiger partial charge on any atom is -0.368 e. The minimum absolute atomic E-state index is 0.121. The van der Waals surface area contributed by atoms with Crippen molar-refractivity contribution < 1.29 is 9.53 Å². The highest BCUT2D eigenvalue weighted by Gasteiger charge is 2.27. The number of hydrogen-bond donors (Lipinski definition) is 0. The lowest BCUT2D eigenvalue weighted by atomic mass is 9.97. The summed E-state index contributed by atoms with van der Waals surface area (Å²) in [6.07, 6.45) is 0.438. The van der Waals surface area contributed by atoms with Gasteiger partial charge in [0.25, 0.3) is 0 Å². The van der Waals surface area contributed by atoms with Crippen molar-refractivity contribution in [2.24, 2.45) is 0 Å². The summed E-state index contributed by atoms with van der Waals surface area (Å²) < 4.78 is 5.41. The van der Waals surface area contributed by atoms with E-state index in [9.17, 15) is 4.79 Å². The molecule has 82 valence electrons. The van der Waals surface area contributed by atoms with Crippen LogP contribution < -0.4 is 0 Å². The number of hydrogen-bond acceptors (Lipinski definition) is 2. The second kappa shape index (κ2) is 5.08. The van der Waals surface area contributed by atoms with Gasteiger partial charge in [0.15, 0.2) is 5.78 Å². The lowest BCUT2D eigenvalue weighted by Gasteiger charge is -2.22. The molecule has 0 radical (unpaired) electrons. The van der Waals surface area contributed by atoms with Crippen LogP contribution in [-0.4, -0.2) is 18.0 Å². The lowest BCUT2D eigenvalue weighted by Crippen LogP contribution is -2.36. The SMILES string of the molecule is CCOC(C)(C)C(=O)Cc1ccccc1. The van der Waals surface area contributed by atoms with Gasteiger partial charge in [0.2, 0.25) is 0 Å². The molecule has 0 aliphatic rings. The molecule has 0 N–H and O–H groups in total. The van der Waals surface area contributed by atoms with Gasteiger partial charge in [-0.2, -0.15) is 0 Å². The third-order valence-corrected chi connectivity index (χ3v) is 2.38. The van der Waals surface area contributed by atoms with Gasteiger partial charge in [-0.25, -0.2) is 0 Å². The van der Waals surface area contributed by atoms with Gasteiger partial charge in [-0.1, -0.05) is 30.3 Å². The maximum Gasteiger partial charge on any atom is 0.168 e. The van der Waals surface area contributed by atoms with E-state index in [0.29, 0.717) is 13.0 Å². The molecule has 2 nitrogen and oxygen atoms in total. The van der Waals surface area contributed by atoms with Crippen LogP contribution in [0.1, 0.15) is 26.3 Å². The molecule has 15 heavy (non-hydrogen) atoms. The van der Waals surface area contributed by atoms with Crippen LogP contribution in [0.25, 0.3) is 0 Å². The summed E-state index contributed by atoms with van der Waals surface area (Å²) in [5.74, 6) is 0.121.